The maximum atomic E-state index is 12.9. The van der Waals surface area contributed by atoms with E-state index in [4.69, 9.17) is 21.1 Å². The summed E-state index contributed by atoms with van der Waals surface area (Å²) in [7, 11) is 0. The highest BCUT2D eigenvalue weighted by Gasteiger charge is 2.13. The van der Waals surface area contributed by atoms with Crippen molar-refractivity contribution in [2.75, 3.05) is 19.9 Å². The molecule has 1 atom stereocenters. The van der Waals surface area contributed by atoms with E-state index in [0.717, 1.165) is 25.1 Å². The third-order valence-electron chi connectivity index (χ3n) is 2.66. The van der Waals surface area contributed by atoms with E-state index in [1.165, 1.54) is 6.07 Å². The maximum Gasteiger partial charge on any atom is 0.147 e. The summed E-state index contributed by atoms with van der Waals surface area (Å²) in [4.78, 5) is 0. The van der Waals surface area contributed by atoms with Crippen molar-refractivity contribution in [2.24, 2.45) is 0 Å². The molecule has 17 heavy (non-hydrogen) atoms. The minimum absolute atomic E-state index is 0.159. The third kappa shape index (κ3) is 3.92. The largest absolute Gasteiger partial charge is 0.355 e. The fourth-order valence-electron chi connectivity index (χ4n) is 1.69. The van der Waals surface area contributed by atoms with E-state index >= 15 is 0 Å². The Morgan fingerprint density at radius 1 is 1.47 bits per heavy atom. The summed E-state index contributed by atoms with van der Waals surface area (Å²) < 4.78 is 23.4. The van der Waals surface area contributed by atoms with Gasteiger partial charge in [0.1, 0.15) is 12.6 Å². The zero-order valence-corrected chi connectivity index (χ0v) is 10.2. The Labute approximate surface area is 105 Å². The van der Waals surface area contributed by atoms with Crippen LogP contribution in [0.3, 0.4) is 0 Å². The van der Waals surface area contributed by atoms with Crippen LogP contribution in [0.4, 0.5) is 4.39 Å². The second kappa shape index (κ2) is 6.31. The van der Waals surface area contributed by atoms with Crippen LogP contribution in [-0.4, -0.2) is 26.0 Å². The fourth-order valence-corrected chi connectivity index (χ4v) is 1.89. The molecule has 0 radical (unpaired) electrons. The van der Waals surface area contributed by atoms with Crippen LogP contribution in [0.2, 0.25) is 5.02 Å². The van der Waals surface area contributed by atoms with Gasteiger partial charge in [0.15, 0.2) is 0 Å². The number of ether oxygens (including phenoxy) is 2. The van der Waals surface area contributed by atoms with Gasteiger partial charge < -0.3 is 14.8 Å². The molecule has 2 rings (SSSR count). The molecule has 1 aliphatic rings. The normalized spacial score (nSPS) is 20.5. The van der Waals surface area contributed by atoms with Gasteiger partial charge in [0.05, 0.1) is 17.7 Å². The lowest BCUT2D eigenvalue weighted by Gasteiger charge is -2.23. The molecule has 94 valence electrons. The zero-order valence-electron chi connectivity index (χ0n) is 9.42. The van der Waals surface area contributed by atoms with Gasteiger partial charge in [-0.2, -0.15) is 0 Å². The molecule has 1 aromatic rings. The number of nitrogens with one attached hydrogen (secondary N) is 1. The van der Waals surface area contributed by atoms with Gasteiger partial charge in [0.25, 0.3) is 0 Å². The Balaban J connectivity index is 1.75. The lowest BCUT2D eigenvalue weighted by molar-refractivity contribution is -0.137. The Morgan fingerprint density at radius 2 is 2.35 bits per heavy atom. The van der Waals surface area contributed by atoms with Crippen LogP contribution in [0.5, 0.6) is 0 Å². The summed E-state index contributed by atoms with van der Waals surface area (Å²) in [5.74, 6) is -0.386. The zero-order chi connectivity index (χ0) is 12.1. The quantitative estimate of drug-likeness (QED) is 0.900. The number of hydrogen-bond acceptors (Lipinski definition) is 3. The van der Waals surface area contributed by atoms with Gasteiger partial charge in [0, 0.05) is 13.1 Å². The van der Waals surface area contributed by atoms with Crippen molar-refractivity contribution in [1.29, 1.82) is 0 Å². The second-order valence-electron chi connectivity index (χ2n) is 3.98. The number of hydrogen-bond donors (Lipinski definition) is 1. The molecular weight excluding hydrogens is 245 g/mol. The first-order valence-electron chi connectivity index (χ1n) is 5.59. The van der Waals surface area contributed by atoms with Crippen LogP contribution in [0.1, 0.15) is 12.0 Å². The lowest BCUT2D eigenvalue weighted by Crippen LogP contribution is -2.33. The molecule has 1 aliphatic heterocycles. The van der Waals surface area contributed by atoms with E-state index in [1.807, 2.05) is 0 Å². The molecular formula is C12H15ClFNO2. The van der Waals surface area contributed by atoms with Crippen molar-refractivity contribution in [2.45, 2.75) is 19.1 Å². The Kier molecular flexibility index (Phi) is 4.74. The third-order valence-corrected chi connectivity index (χ3v) is 2.95. The summed E-state index contributed by atoms with van der Waals surface area (Å²) in [5, 5.41) is 3.42. The molecule has 0 spiro atoms. The summed E-state index contributed by atoms with van der Waals surface area (Å²) in [6.07, 6.45) is 1.09. The van der Waals surface area contributed by atoms with Crippen molar-refractivity contribution in [3.8, 4) is 0 Å². The first kappa shape index (κ1) is 12.8. The highest BCUT2D eigenvalue weighted by atomic mass is 35.5. The van der Waals surface area contributed by atoms with E-state index in [2.05, 4.69) is 5.32 Å². The predicted octanol–water partition coefficient (Wildman–Crippen LogP) is 2.33. The van der Waals surface area contributed by atoms with Crippen LogP contribution in [0.25, 0.3) is 0 Å². The molecule has 3 nitrogen and oxygen atoms in total. The first-order chi connectivity index (χ1) is 8.25. The van der Waals surface area contributed by atoms with Crippen molar-refractivity contribution in [1.82, 2.24) is 5.32 Å². The van der Waals surface area contributed by atoms with E-state index in [0.29, 0.717) is 13.3 Å². The highest BCUT2D eigenvalue weighted by Crippen LogP contribution is 2.15. The van der Waals surface area contributed by atoms with Gasteiger partial charge in [-0.25, -0.2) is 4.39 Å². The number of halogens is 2. The predicted molar refractivity (Wildman–Crippen MR) is 63.4 cm³/mol. The SMILES string of the molecule is Fc1ccc(CNCC2CCOCO2)cc1Cl. The number of benzene rings is 1. The smallest absolute Gasteiger partial charge is 0.147 e. The molecule has 0 aliphatic carbocycles. The minimum Gasteiger partial charge on any atom is -0.355 e. The lowest BCUT2D eigenvalue weighted by atomic mass is 10.2. The highest BCUT2D eigenvalue weighted by molar-refractivity contribution is 6.30. The van der Waals surface area contributed by atoms with Crippen LogP contribution in [-0.2, 0) is 16.0 Å². The number of rotatable bonds is 4. The van der Waals surface area contributed by atoms with Crippen molar-refractivity contribution >= 4 is 11.6 Å². The first-order valence-corrected chi connectivity index (χ1v) is 5.97. The molecule has 1 N–H and O–H groups in total. The molecule has 0 saturated carbocycles. The molecule has 0 aromatic heterocycles. The fraction of sp³-hybridized carbons (Fsp3) is 0.500. The molecule has 0 amide bonds. The van der Waals surface area contributed by atoms with Gasteiger partial charge in [-0.3, -0.25) is 0 Å². The van der Waals surface area contributed by atoms with Gasteiger partial charge in [-0.15, -0.1) is 0 Å². The van der Waals surface area contributed by atoms with Crippen molar-refractivity contribution < 1.29 is 13.9 Å². The Bertz CT molecular complexity index is 370. The second-order valence-corrected chi connectivity index (χ2v) is 4.39. The van der Waals surface area contributed by atoms with Crippen LogP contribution < -0.4 is 5.32 Å². The maximum absolute atomic E-state index is 12.9. The standard InChI is InChI=1S/C12H15ClFNO2/c13-11-5-9(1-2-12(11)14)6-15-7-10-3-4-16-8-17-10/h1-2,5,10,15H,3-4,6-8H2. The summed E-state index contributed by atoms with van der Waals surface area (Å²) in [6, 6.07) is 4.73. The molecule has 1 fully saturated rings. The van der Waals surface area contributed by atoms with Crippen LogP contribution in [0, 0.1) is 5.82 Å². The topological polar surface area (TPSA) is 30.5 Å². The van der Waals surface area contributed by atoms with Gasteiger partial charge in [-0.05, 0) is 24.1 Å². The van der Waals surface area contributed by atoms with Crippen molar-refractivity contribution in [3.05, 3.63) is 34.6 Å². The average molecular weight is 260 g/mol. The monoisotopic (exact) mass is 259 g/mol. The molecule has 5 heteroatoms. The minimum atomic E-state index is -0.386. The van der Waals surface area contributed by atoms with E-state index in [1.54, 1.807) is 12.1 Å². The van der Waals surface area contributed by atoms with Gasteiger partial charge in [-0.1, -0.05) is 17.7 Å². The van der Waals surface area contributed by atoms with E-state index < -0.39 is 0 Å². The average Bonchev–Trinajstić information content (AvgIpc) is 2.35. The molecule has 0 bridgehead atoms. The van der Waals surface area contributed by atoms with Gasteiger partial charge in [0.2, 0.25) is 0 Å². The summed E-state index contributed by atoms with van der Waals surface area (Å²) >= 11 is 5.70. The van der Waals surface area contributed by atoms with Crippen molar-refractivity contribution in [3.63, 3.8) is 0 Å². The summed E-state index contributed by atoms with van der Waals surface area (Å²) in [6.45, 7) is 2.53. The molecule has 1 unspecified atom stereocenters. The molecule has 1 saturated heterocycles. The Hall–Kier alpha value is -0.680. The van der Waals surface area contributed by atoms with Gasteiger partial charge >= 0.3 is 0 Å². The van der Waals surface area contributed by atoms with E-state index in [-0.39, 0.29) is 16.9 Å². The molecule has 1 aromatic carbocycles. The molecule has 1 heterocycles. The van der Waals surface area contributed by atoms with Crippen LogP contribution >= 0.6 is 11.6 Å². The van der Waals surface area contributed by atoms with Crippen LogP contribution in [0.15, 0.2) is 18.2 Å². The Morgan fingerprint density at radius 3 is 3.06 bits per heavy atom. The van der Waals surface area contributed by atoms with E-state index in [9.17, 15) is 4.39 Å². The summed E-state index contributed by atoms with van der Waals surface area (Å²) in [5.41, 5.74) is 0.962.